The summed E-state index contributed by atoms with van der Waals surface area (Å²) in [7, 11) is 0. The van der Waals surface area contributed by atoms with Gasteiger partial charge in [-0.3, -0.25) is 4.79 Å². The van der Waals surface area contributed by atoms with Gasteiger partial charge in [0.25, 0.3) is 5.91 Å². The molecule has 1 atom stereocenters. The quantitative estimate of drug-likeness (QED) is 0.762. The second kappa shape index (κ2) is 7.99. The molecule has 3 rings (SSSR count). The number of carbonyl (C=O) groups excluding carboxylic acids is 2. The van der Waals surface area contributed by atoms with E-state index in [1.807, 2.05) is 0 Å². The normalized spacial score (nSPS) is 16.0. The molecule has 1 aromatic carbocycles. The molecule has 0 bridgehead atoms. The van der Waals surface area contributed by atoms with Crippen molar-refractivity contribution in [1.29, 1.82) is 0 Å². The third-order valence-electron chi connectivity index (χ3n) is 4.77. The van der Waals surface area contributed by atoms with E-state index in [-0.39, 0.29) is 12.2 Å². The van der Waals surface area contributed by atoms with Crippen molar-refractivity contribution < 1.29 is 18.7 Å². The molecule has 0 unspecified atom stereocenters. The Labute approximate surface area is 156 Å². The fraction of sp³-hybridized carbons (Fsp3) is 0.400. The molecule has 1 aliphatic carbocycles. The number of carbonyl (C=O) groups is 2. The Hall–Kier alpha value is -2.21. The Balaban J connectivity index is 1.95. The number of nitrogens with one attached hydrogen (secondary N) is 1. The van der Waals surface area contributed by atoms with Gasteiger partial charge in [0.15, 0.2) is 0 Å². The molecular weight excluding hydrogens is 353 g/mol. The van der Waals surface area contributed by atoms with Gasteiger partial charge in [0, 0.05) is 4.88 Å². The van der Waals surface area contributed by atoms with Crippen LogP contribution in [0.15, 0.2) is 24.3 Å². The van der Waals surface area contributed by atoms with Gasteiger partial charge in [0.2, 0.25) is 0 Å². The molecule has 1 amide bonds. The zero-order valence-electron chi connectivity index (χ0n) is 14.9. The van der Waals surface area contributed by atoms with E-state index in [2.05, 4.69) is 12.2 Å². The van der Waals surface area contributed by atoms with Gasteiger partial charge in [-0.15, -0.1) is 11.3 Å². The van der Waals surface area contributed by atoms with Gasteiger partial charge in [-0.05, 0) is 49.8 Å². The average molecular weight is 375 g/mol. The van der Waals surface area contributed by atoms with Crippen LogP contribution in [0.5, 0.6) is 0 Å². The second-order valence-corrected chi connectivity index (χ2v) is 7.48. The summed E-state index contributed by atoms with van der Waals surface area (Å²) in [5, 5.41) is 3.19. The topological polar surface area (TPSA) is 55.4 Å². The van der Waals surface area contributed by atoms with Crippen molar-refractivity contribution >= 4 is 28.2 Å². The van der Waals surface area contributed by atoms with Gasteiger partial charge < -0.3 is 10.1 Å². The zero-order chi connectivity index (χ0) is 18.7. The van der Waals surface area contributed by atoms with E-state index in [1.165, 1.54) is 29.5 Å². The van der Waals surface area contributed by atoms with Crippen LogP contribution in [0.25, 0.3) is 0 Å². The first-order chi connectivity index (χ1) is 12.5. The van der Waals surface area contributed by atoms with Crippen LogP contribution in [-0.4, -0.2) is 18.5 Å². The Morgan fingerprint density at radius 2 is 2.08 bits per heavy atom. The Bertz CT molecular complexity index is 830. The summed E-state index contributed by atoms with van der Waals surface area (Å²) in [5.41, 5.74) is 1.37. The fourth-order valence-electron chi connectivity index (χ4n) is 3.33. The summed E-state index contributed by atoms with van der Waals surface area (Å²) in [6.45, 7) is 4.18. The lowest BCUT2D eigenvalue weighted by Crippen LogP contribution is -2.17. The van der Waals surface area contributed by atoms with Crippen LogP contribution in [0.4, 0.5) is 9.39 Å². The average Bonchev–Trinajstić information content (AvgIpc) is 2.98. The highest BCUT2D eigenvalue weighted by Gasteiger charge is 2.30. The SMILES string of the molecule is CCOC(=O)c1c(NC(=O)c2ccccc2F)sc2c1CC[C@@H](CC)C2. The molecule has 0 radical (unpaired) electrons. The lowest BCUT2D eigenvalue weighted by atomic mass is 9.85. The second-order valence-electron chi connectivity index (χ2n) is 6.38. The van der Waals surface area contributed by atoms with Gasteiger partial charge in [-0.25, -0.2) is 9.18 Å². The predicted octanol–water partition coefficient (Wildman–Crippen LogP) is 4.83. The van der Waals surface area contributed by atoms with Crippen molar-refractivity contribution in [2.75, 3.05) is 11.9 Å². The molecular formula is C20H22FNO3S. The van der Waals surface area contributed by atoms with E-state index in [1.54, 1.807) is 13.0 Å². The summed E-state index contributed by atoms with van der Waals surface area (Å²) >= 11 is 1.41. The highest BCUT2D eigenvalue weighted by molar-refractivity contribution is 7.17. The molecule has 6 heteroatoms. The largest absolute Gasteiger partial charge is 0.462 e. The summed E-state index contributed by atoms with van der Waals surface area (Å²) < 4.78 is 19.1. The lowest BCUT2D eigenvalue weighted by molar-refractivity contribution is 0.0526. The van der Waals surface area contributed by atoms with Crippen LogP contribution < -0.4 is 5.32 Å². The minimum absolute atomic E-state index is 0.0416. The van der Waals surface area contributed by atoms with E-state index in [0.29, 0.717) is 16.5 Å². The number of halogens is 1. The Morgan fingerprint density at radius 3 is 2.77 bits per heavy atom. The van der Waals surface area contributed by atoms with Crippen LogP contribution in [-0.2, 0) is 17.6 Å². The smallest absolute Gasteiger partial charge is 0.341 e. The van der Waals surface area contributed by atoms with E-state index in [0.717, 1.165) is 36.1 Å². The molecule has 0 aliphatic heterocycles. The number of hydrogen-bond acceptors (Lipinski definition) is 4. The van der Waals surface area contributed by atoms with Gasteiger partial charge in [0.05, 0.1) is 17.7 Å². The van der Waals surface area contributed by atoms with E-state index in [9.17, 15) is 14.0 Å². The molecule has 1 N–H and O–H groups in total. The molecule has 0 fully saturated rings. The van der Waals surface area contributed by atoms with E-state index in [4.69, 9.17) is 4.74 Å². The third-order valence-corrected chi connectivity index (χ3v) is 5.94. The van der Waals surface area contributed by atoms with Gasteiger partial charge >= 0.3 is 5.97 Å². The Kier molecular flexibility index (Phi) is 5.71. The summed E-state index contributed by atoms with van der Waals surface area (Å²) in [4.78, 5) is 26.1. The standard InChI is InChI=1S/C20H22FNO3S/c1-3-12-9-10-14-16(11-12)26-19(17(14)20(24)25-4-2)22-18(23)13-7-5-6-8-15(13)21/h5-8,12H,3-4,9-11H2,1-2H3,(H,22,23)/t12-/m1/s1. The maximum absolute atomic E-state index is 13.9. The molecule has 138 valence electrons. The van der Waals surface area contributed by atoms with Crippen molar-refractivity contribution in [1.82, 2.24) is 0 Å². The number of amides is 1. The summed E-state index contributed by atoms with van der Waals surface area (Å²) in [5.74, 6) is -0.982. The van der Waals surface area contributed by atoms with Gasteiger partial charge in [0.1, 0.15) is 10.8 Å². The molecule has 0 saturated heterocycles. The molecule has 0 saturated carbocycles. The first-order valence-electron chi connectivity index (χ1n) is 8.92. The maximum Gasteiger partial charge on any atom is 0.341 e. The highest BCUT2D eigenvalue weighted by Crippen LogP contribution is 2.41. The molecule has 26 heavy (non-hydrogen) atoms. The molecule has 0 spiro atoms. The van der Waals surface area contributed by atoms with E-state index < -0.39 is 17.7 Å². The minimum atomic E-state index is -0.588. The van der Waals surface area contributed by atoms with Crippen molar-refractivity contribution in [3.63, 3.8) is 0 Å². The van der Waals surface area contributed by atoms with Crippen molar-refractivity contribution in [2.45, 2.75) is 39.5 Å². The number of fused-ring (bicyclic) bond motifs is 1. The number of esters is 1. The van der Waals surface area contributed by atoms with Crippen LogP contribution in [0.1, 0.15) is 57.8 Å². The van der Waals surface area contributed by atoms with Gasteiger partial charge in [-0.2, -0.15) is 0 Å². The molecule has 1 heterocycles. The summed E-state index contributed by atoms with van der Waals surface area (Å²) in [6.07, 6.45) is 3.81. The molecule has 2 aromatic rings. The van der Waals surface area contributed by atoms with E-state index >= 15 is 0 Å². The van der Waals surface area contributed by atoms with Crippen molar-refractivity contribution in [3.05, 3.63) is 51.7 Å². The molecule has 1 aromatic heterocycles. The minimum Gasteiger partial charge on any atom is -0.462 e. The maximum atomic E-state index is 13.9. The summed E-state index contributed by atoms with van der Waals surface area (Å²) in [6, 6.07) is 5.81. The number of ether oxygens (including phenoxy) is 1. The third kappa shape index (κ3) is 3.65. The Morgan fingerprint density at radius 1 is 1.31 bits per heavy atom. The van der Waals surface area contributed by atoms with Crippen LogP contribution in [0.2, 0.25) is 0 Å². The first kappa shape index (κ1) is 18.6. The molecule has 1 aliphatic rings. The van der Waals surface area contributed by atoms with Crippen LogP contribution in [0.3, 0.4) is 0 Å². The lowest BCUT2D eigenvalue weighted by Gasteiger charge is -2.20. The predicted molar refractivity (Wildman–Crippen MR) is 100 cm³/mol. The van der Waals surface area contributed by atoms with Crippen molar-refractivity contribution in [3.8, 4) is 0 Å². The monoisotopic (exact) mass is 375 g/mol. The number of rotatable bonds is 5. The number of anilines is 1. The fourth-order valence-corrected chi connectivity index (χ4v) is 4.67. The van der Waals surface area contributed by atoms with Gasteiger partial charge in [-0.1, -0.05) is 25.5 Å². The molecule has 4 nitrogen and oxygen atoms in total. The van der Waals surface area contributed by atoms with Crippen LogP contribution >= 0.6 is 11.3 Å². The number of benzene rings is 1. The number of hydrogen-bond donors (Lipinski definition) is 1. The highest BCUT2D eigenvalue weighted by atomic mass is 32.1. The van der Waals surface area contributed by atoms with Crippen LogP contribution in [0, 0.1) is 11.7 Å². The zero-order valence-corrected chi connectivity index (χ0v) is 15.7. The number of thiophene rings is 1. The first-order valence-corrected chi connectivity index (χ1v) is 9.74. The van der Waals surface area contributed by atoms with Crippen molar-refractivity contribution in [2.24, 2.45) is 5.92 Å².